The van der Waals surface area contributed by atoms with E-state index in [1.165, 1.54) is 33.2 Å². The molecule has 0 amide bonds. The van der Waals surface area contributed by atoms with Crippen LogP contribution >= 0.6 is 0 Å². The molecular weight excluding hydrogens is 817 g/mol. The molecule has 0 bridgehead atoms. The first-order valence-corrected chi connectivity index (χ1v) is 23.4. The number of hydrogen-bond acceptors (Lipinski definition) is 3. The lowest BCUT2D eigenvalue weighted by Gasteiger charge is -2.31. The Morgan fingerprint density at radius 3 is 1.99 bits per heavy atom. The van der Waals surface area contributed by atoms with E-state index in [-0.39, 0.29) is 5.41 Å². The van der Waals surface area contributed by atoms with Crippen molar-refractivity contribution in [3.05, 3.63) is 235 Å². The standard InChI is InChI=1S/C63H44N2O2/c1-63(2)52-22-12-9-19-46(52)47-33-30-44(36-53(47)63)64(43-28-25-40(26-29-43)39-15-5-3-6-16-39)45-31-34-50-54(37-45)65(42-17-7-4-8-18-42)55-38-59-62(51-21-11-14-24-57(51)67-59)60(61(50)55)41-27-32-49-48-20-10-13-23-56(48)66-58(49)35-41/h3-25,27-38,40H,26H2,1-2H3. The maximum Gasteiger partial charge on any atom is 0.138 e. The topological polar surface area (TPSA) is 34.5 Å². The van der Waals surface area contributed by atoms with Crippen molar-refractivity contribution in [1.29, 1.82) is 0 Å². The van der Waals surface area contributed by atoms with Gasteiger partial charge < -0.3 is 18.3 Å². The molecule has 9 aromatic carbocycles. The van der Waals surface area contributed by atoms with E-state index in [1.54, 1.807) is 0 Å². The molecule has 4 nitrogen and oxygen atoms in total. The largest absolute Gasteiger partial charge is 0.456 e. The van der Waals surface area contributed by atoms with E-state index in [4.69, 9.17) is 8.83 Å². The summed E-state index contributed by atoms with van der Waals surface area (Å²) >= 11 is 0. The molecule has 14 rings (SSSR count). The Morgan fingerprint density at radius 2 is 1.16 bits per heavy atom. The smallest absolute Gasteiger partial charge is 0.138 e. The summed E-state index contributed by atoms with van der Waals surface area (Å²) in [5.74, 6) is 0.315. The molecule has 0 saturated carbocycles. The lowest BCUT2D eigenvalue weighted by atomic mass is 9.82. The third kappa shape index (κ3) is 5.66. The fourth-order valence-electron chi connectivity index (χ4n) is 11.5. The van der Waals surface area contributed by atoms with Crippen molar-refractivity contribution in [2.75, 3.05) is 4.90 Å². The molecule has 3 heterocycles. The van der Waals surface area contributed by atoms with E-state index in [2.05, 4.69) is 230 Å². The van der Waals surface area contributed by atoms with Crippen LogP contribution in [-0.4, -0.2) is 4.57 Å². The second-order valence-corrected chi connectivity index (χ2v) is 18.8. The van der Waals surface area contributed by atoms with E-state index in [1.807, 2.05) is 6.07 Å². The number of hydrogen-bond donors (Lipinski definition) is 0. The molecule has 4 heteroatoms. The number of rotatable bonds is 6. The van der Waals surface area contributed by atoms with E-state index in [9.17, 15) is 0 Å². The summed E-state index contributed by atoms with van der Waals surface area (Å²) < 4.78 is 15.8. The van der Waals surface area contributed by atoms with Crippen LogP contribution in [0.5, 0.6) is 0 Å². The van der Waals surface area contributed by atoms with Gasteiger partial charge in [0.1, 0.15) is 22.3 Å². The number of furan rings is 2. The van der Waals surface area contributed by atoms with Crippen molar-refractivity contribution in [1.82, 2.24) is 4.57 Å². The Hall–Kier alpha value is -8.34. The van der Waals surface area contributed by atoms with Gasteiger partial charge in [0.25, 0.3) is 0 Å². The van der Waals surface area contributed by atoms with Gasteiger partial charge in [-0.15, -0.1) is 0 Å². The first kappa shape index (κ1) is 38.0. The number of allylic oxidation sites excluding steroid dienone is 3. The molecule has 0 fully saturated rings. The summed E-state index contributed by atoms with van der Waals surface area (Å²) in [7, 11) is 0. The lowest BCUT2D eigenvalue weighted by Crippen LogP contribution is -2.19. The molecule has 12 aromatic rings. The van der Waals surface area contributed by atoms with Gasteiger partial charge in [-0.2, -0.15) is 0 Å². The maximum atomic E-state index is 6.80. The van der Waals surface area contributed by atoms with Crippen LogP contribution in [0.15, 0.2) is 227 Å². The van der Waals surface area contributed by atoms with E-state index in [0.29, 0.717) is 5.92 Å². The average Bonchev–Trinajstić information content (AvgIpc) is 4.10. The minimum atomic E-state index is -0.143. The summed E-state index contributed by atoms with van der Waals surface area (Å²) in [6, 6.07) is 70.4. The second kappa shape index (κ2) is 14.3. The Labute approximate surface area is 387 Å². The van der Waals surface area contributed by atoms with Gasteiger partial charge in [-0.1, -0.05) is 153 Å². The first-order valence-electron chi connectivity index (χ1n) is 23.4. The third-order valence-electron chi connectivity index (χ3n) is 14.7. The highest BCUT2D eigenvalue weighted by Gasteiger charge is 2.36. The highest BCUT2D eigenvalue weighted by atomic mass is 16.3. The van der Waals surface area contributed by atoms with E-state index in [0.717, 1.165) is 101 Å². The molecule has 0 saturated heterocycles. The normalized spacial score (nSPS) is 15.3. The molecule has 0 radical (unpaired) electrons. The summed E-state index contributed by atoms with van der Waals surface area (Å²) in [5, 5.41) is 6.76. The molecule has 2 aliphatic carbocycles. The number of para-hydroxylation sites is 3. The molecule has 0 aliphatic heterocycles. The third-order valence-corrected chi connectivity index (χ3v) is 14.7. The first-order chi connectivity index (χ1) is 33.0. The second-order valence-electron chi connectivity index (χ2n) is 18.8. The van der Waals surface area contributed by atoms with Crippen LogP contribution in [0.25, 0.3) is 93.6 Å². The average molecular weight is 861 g/mol. The predicted molar refractivity (Wildman–Crippen MR) is 278 cm³/mol. The van der Waals surface area contributed by atoms with Gasteiger partial charge in [0, 0.05) is 78.0 Å². The monoisotopic (exact) mass is 860 g/mol. The van der Waals surface area contributed by atoms with Crippen molar-refractivity contribution in [2.45, 2.75) is 31.6 Å². The Kier molecular flexibility index (Phi) is 8.12. The molecule has 2 aliphatic rings. The van der Waals surface area contributed by atoms with E-state index >= 15 is 0 Å². The molecule has 3 aromatic heterocycles. The van der Waals surface area contributed by atoms with Crippen LogP contribution < -0.4 is 4.90 Å². The maximum absolute atomic E-state index is 6.80. The number of aromatic nitrogens is 1. The Morgan fingerprint density at radius 1 is 0.507 bits per heavy atom. The van der Waals surface area contributed by atoms with E-state index < -0.39 is 0 Å². The summed E-state index contributed by atoms with van der Waals surface area (Å²) in [6.07, 6.45) is 8.05. The fraction of sp³-hybridized carbons (Fsp3) is 0.0794. The number of benzene rings is 9. The van der Waals surface area contributed by atoms with Crippen LogP contribution in [0, 0.1) is 0 Å². The van der Waals surface area contributed by atoms with Gasteiger partial charge in [-0.25, -0.2) is 0 Å². The predicted octanol–water partition coefficient (Wildman–Crippen LogP) is 17.3. The molecule has 318 valence electrons. The molecular formula is C63H44N2O2. The van der Waals surface area contributed by atoms with Gasteiger partial charge in [0.15, 0.2) is 0 Å². The lowest BCUT2D eigenvalue weighted by molar-refractivity contribution is 0.660. The van der Waals surface area contributed by atoms with Crippen LogP contribution in [0.2, 0.25) is 0 Å². The van der Waals surface area contributed by atoms with Crippen molar-refractivity contribution < 1.29 is 8.83 Å². The number of fused-ring (bicyclic) bond motifs is 12. The van der Waals surface area contributed by atoms with Gasteiger partial charge in [0.05, 0.1) is 11.0 Å². The summed E-state index contributed by atoms with van der Waals surface area (Å²) in [6.45, 7) is 4.73. The van der Waals surface area contributed by atoms with Crippen molar-refractivity contribution in [2.24, 2.45) is 0 Å². The zero-order valence-electron chi connectivity index (χ0n) is 37.2. The van der Waals surface area contributed by atoms with Gasteiger partial charge in [0.2, 0.25) is 0 Å². The van der Waals surface area contributed by atoms with Crippen LogP contribution in [-0.2, 0) is 5.41 Å². The van der Waals surface area contributed by atoms with Gasteiger partial charge in [-0.3, -0.25) is 0 Å². The number of anilines is 2. The van der Waals surface area contributed by atoms with Crippen molar-refractivity contribution in [3.8, 4) is 27.9 Å². The van der Waals surface area contributed by atoms with Crippen LogP contribution in [0.4, 0.5) is 11.4 Å². The fourth-order valence-corrected chi connectivity index (χ4v) is 11.5. The van der Waals surface area contributed by atoms with Crippen LogP contribution in [0.1, 0.15) is 42.9 Å². The zero-order valence-corrected chi connectivity index (χ0v) is 37.2. The van der Waals surface area contributed by atoms with Crippen molar-refractivity contribution in [3.63, 3.8) is 0 Å². The summed E-state index contributed by atoms with van der Waals surface area (Å²) in [4.78, 5) is 2.47. The Bertz CT molecular complexity index is 4050. The molecule has 67 heavy (non-hydrogen) atoms. The van der Waals surface area contributed by atoms with Gasteiger partial charge >= 0.3 is 0 Å². The highest BCUT2D eigenvalue weighted by molar-refractivity contribution is 6.27. The molecule has 1 unspecified atom stereocenters. The molecule has 0 N–H and O–H groups in total. The number of nitrogens with zero attached hydrogens (tertiary/aromatic N) is 2. The Balaban J connectivity index is 1.03. The van der Waals surface area contributed by atoms with Crippen molar-refractivity contribution >= 4 is 77.1 Å². The quantitative estimate of drug-likeness (QED) is 0.167. The minimum absolute atomic E-state index is 0.143. The molecule has 1 atom stereocenters. The SMILES string of the molecule is CC1(C)c2ccccc2-c2ccc(N(C3=CCC(c4ccccc4)C=C3)c3ccc4c5c(-c6ccc7c(c6)oc6ccccc67)c6c(cc5n(-c5ccccc5)c4c3)oc3ccccc36)cc21. The minimum Gasteiger partial charge on any atom is -0.456 e. The van der Waals surface area contributed by atoms with Crippen LogP contribution in [0.3, 0.4) is 0 Å². The highest BCUT2D eigenvalue weighted by Crippen LogP contribution is 2.52. The van der Waals surface area contributed by atoms with Gasteiger partial charge in [-0.05, 0) is 107 Å². The zero-order chi connectivity index (χ0) is 44.4. The summed E-state index contributed by atoms with van der Waals surface area (Å²) in [5.41, 5.74) is 18.9. The molecule has 0 spiro atoms.